The van der Waals surface area contributed by atoms with Crippen molar-refractivity contribution in [2.24, 2.45) is 5.92 Å². The lowest BCUT2D eigenvalue weighted by Crippen LogP contribution is -2.38. The minimum Gasteiger partial charge on any atom is -0.497 e. The lowest BCUT2D eigenvalue weighted by Gasteiger charge is -2.32. The molecule has 1 fully saturated rings. The van der Waals surface area contributed by atoms with Crippen LogP contribution in [0.1, 0.15) is 37.7 Å². The Labute approximate surface area is 197 Å². The number of piperidine rings is 1. The number of likely N-dealkylation sites (tertiary alicyclic amines) is 1. The number of hydrogen-bond donors (Lipinski definition) is 0. The summed E-state index contributed by atoms with van der Waals surface area (Å²) in [6.07, 6.45) is 5.01. The molecule has 0 N–H and O–H groups in total. The maximum Gasteiger partial charge on any atom is 0.419 e. The molecular formula is C25H29N3O6. The van der Waals surface area contributed by atoms with Gasteiger partial charge in [-0.2, -0.15) is 0 Å². The average Bonchev–Trinajstić information content (AvgIpc) is 3.17. The molecule has 0 bridgehead atoms. The number of benzene rings is 2. The summed E-state index contributed by atoms with van der Waals surface area (Å²) in [7, 11) is 1.67. The monoisotopic (exact) mass is 467 g/mol. The summed E-state index contributed by atoms with van der Waals surface area (Å²) < 4.78 is 11.8. The zero-order valence-electron chi connectivity index (χ0n) is 19.3. The lowest BCUT2D eigenvalue weighted by atomic mass is 9.90. The Bertz CT molecular complexity index is 1210. The van der Waals surface area contributed by atoms with Crippen LogP contribution in [0.2, 0.25) is 0 Å². The standard InChI is InChI=1S/C25H29N3O6/c1-33-21-9-6-18(7-10-21)4-5-19-12-15-26(16-13-19)24(29)3-2-14-27-22-11-8-20(28(31)32)17-23(22)34-25(27)30/h6-11,17,19H,2-5,12-16H2,1H3. The largest absolute Gasteiger partial charge is 0.497 e. The smallest absolute Gasteiger partial charge is 0.419 e. The van der Waals surface area contributed by atoms with Gasteiger partial charge >= 0.3 is 5.76 Å². The van der Waals surface area contributed by atoms with Crippen LogP contribution in [-0.4, -0.2) is 40.5 Å². The summed E-state index contributed by atoms with van der Waals surface area (Å²) in [6.45, 7) is 1.86. The van der Waals surface area contributed by atoms with Crippen LogP contribution in [-0.2, 0) is 17.8 Å². The number of rotatable bonds is 9. The maximum atomic E-state index is 12.7. The van der Waals surface area contributed by atoms with Crippen LogP contribution in [0, 0.1) is 16.0 Å². The van der Waals surface area contributed by atoms with Gasteiger partial charge in [-0.05, 0) is 61.8 Å². The molecule has 0 aliphatic carbocycles. The van der Waals surface area contributed by atoms with Gasteiger partial charge in [0.2, 0.25) is 5.91 Å². The van der Waals surface area contributed by atoms with Gasteiger partial charge in [-0.15, -0.1) is 0 Å². The molecule has 0 spiro atoms. The fourth-order valence-electron chi connectivity index (χ4n) is 4.56. The Morgan fingerprint density at radius 2 is 1.91 bits per heavy atom. The summed E-state index contributed by atoms with van der Waals surface area (Å²) in [6, 6.07) is 12.3. The number of oxazole rings is 1. The van der Waals surface area contributed by atoms with E-state index in [0.717, 1.165) is 44.5 Å². The van der Waals surface area contributed by atoms with E-state index in [1.54, 1.807) is 7.11 Å². The summed E-state index contributed by atoms with van der Waals surface area (Å²) in [5.74, 6) is 1.02. The predicted octanol–water partition coefficient (Wildman–Crippen LogP) is 4.16. The van der Waals surface area contributed by atoms with Crippen molar-refractivity contribution >= 4 is 22.7 Å². The Hall–Kier alpha value is -3.62. The van der Waals surface area contributed by atoms with Crippen LogP contribution in [0.3, 0.4) is 0 Å². The van der Waals surface area contributed by atoms with E-state index in [0.29, 0.717) is 30.8 Å². The normalized spacial score (nSPS) is 14.4. The van der Waals surface area contributed by atoms with E-state index in [9.17, 15) is 19.7 Å². The van der Waals surface area contributed by atoms with Gasteiger partial charge in [-0.1, -0.05) is 12.1 Å². The van der Waals surface area contributed by atoms with E-state index >= 15 is 0 Å². The van der Waals surface area contributed by atoms with Gasteiger partial charge in [0.15, 0.2) is 5.58 Å². The van der Waals surface area contributed by atoms with Crippen molar-refractivity contribution in [1.29, 1.82) is 0 Å². The number of aryl methyl sites for hydroxylation is 2. The fraction of sp³-hybridized carbons (Fsp3) is 0.440. The highest BCUT2D eigenvalue weighted by atomic mass is 16.6. The molecule has 0 atom stereocenters. The molecule has 0 saturated carbocycles. The molecule has 1 amide bonds. The number of hydrogen-bond acceptors (Lipinski definition) is 6. The first-order valence-corrected chi connectivity index (χ1v) is 11.6. The molecule has 1 aliphatic rings. The molecule has 2 aromatic carbocycles. The Morgan fingerprint density at radius 1 is 1.18 bits per heavy atom. The summed E-state index contributed by atoms with van der Waals surface area (Å²) >= 11 is 0. The van der Waals surface area contributed by atoms with Gasteiger partial charge in [0.05, 0.1) is 23.6 Å². The first-order chi connectivity index (χ1) is 16.4. The van der Waals surface area contributed by atoms with Gasteiger partial charge in [0.25, 0.3) is 5.69 Å². The number of nitro benzene ring substituents is 1. The van der Waals surface area contributed by atoms with Crippen molar-refractivity contribution < 1.29 is 18.9 Å². The number of non-ortho nitro benzene ring substituents is 1. The highest BCUT2D eigenvalue weighted by Crippen LogP contribution is 2.24. The summed E-state index contributed by atoms with van der Waals surface area (Å²) in [5.41, 5.74) is 1.86. The van der Waals surface area contributed by atoms with E-state index in [1.165, 1.54) is 28.3 Å². The van der Waals surface area contributed by atoms with Crippen molar-refractivity contribution in [2.75, 3.05) is 20.2 Å². The minimum atomic E-state index is -0.569. The molecule has 34 heavy (non-hydrogen) atoms. The van der Waals surface area contributed by atoms with E-state index in [-0.39, 0.29) is 17.2 Å². The molecule has 0 unspecified atom stereocenters. The van der Waals surface area contributed by atoms with Crippen LogP contribution in [0.5, 0.6) is 5.75 Å². The van der Waals surface area contributed by atoms with Crippen LogP contribution in [0.15, 0.2) is 51.7 Å². The second-order valence-corrected chi connectivity index (χ2v) is 8.74. The molecule has 9 nitrogen and oxygen atoms in total. The Morgan fingerprint density at radius 3 is 2.59 bits per heavy atom. The Balaban J connectivity index is 1.22. The van der Waals surface area contributed by atoms with Crippen LogP contribution < -0.4 is 10.5 Å². The molecule has 1 aromatic heterocycles. The van der Waals surface area contributed by atoms with Gasteiger partial charge in [0.1, 0.15) is 5.75 Å². The molecule has 3 aromatic rings. The highest BCUT2D eigenvalue weighted by Gasteiger charge is 2.22. The average molecular weight is 468 g/mol. The number of fused-ring (bicyclic) bond motifs is 1. The topological polar surface area (TPSA) is 108 Å². The SMILES string of the molecule is COc1ccc(CCC2CCN(C(=O)CCCn3c(=O)oc4cc([N+](=O)[O-])ccc43)CC2)cc1. The van der Waals surface area contributed by atoms with E-state index in [2.05, 4.69) is 12.1 Å². The predicted molar refractivity (Wildman–Crippen MR) is 127 cm³/mol. The van der Waals surface area contributed by atoms with Crippen LogP contribution in [0.25, 0.3) is 11.1 Å². The molecule has 2 heterocycles. The molecule has 1 aliphatic heterocycles. The number of nitro groups is 1. The maximum absolute atomic E-state index is 12.7. The third-order valence-electron chi connectivity index (χ3n) is 6.60. The number of amides is 1. The number of ether oxygens (including phenoxy) is 1. The van der Waals surface area contributed by atoms with Crippen LogP contribution in [0.4, 0.5) is 5.69 Å². The fourth-order valence-corrected chi connectivity index (χ4v) is 4.56. The van der Waals surface area contributed by atoms with Gasteiger partial charge in [-0.3, -0.25) is 19.5 Å². The number of methoxy groups -OCH3 is 1. The lowest BCUT2D eigenvalue weighted by molar-refractivity contribution is -0.384. The van der Waals surface area contributed by atoms with Gasteiger partial charge in [-0.25, -0.2) is 4.79 Å². The molecule has 9 heteroatoms. The van der Waals surface area contributed by atoms with Crippen molar-refractivity contribution in [3.05, 3.63) is 68.7 Å². The minimum absolute atomic E-state index is 0.102. The first kappa shape index (κ1) is 23.5. The van der Waals surface area contributed by atoms with Gasteiger partial charge in [0, 0.05) is 32.1 Å². The second kappa shape index (κ2) is 10.5. The van der Waals surface area contributed by atoms with E-state index in [1.807, 2.05) is 17.0 Å². The zero-order valence-corrected chi connectivity index (χ0v) is 19.3. The molecule has 0 radical (unpaired) electrons. The van der Waals surface area contributed by atoms with Gasteiger partial charge < -0.3 is 14.1 Å². The summed E-state index contributed by atoms with van der Waals surface area (Å²) in [5, 5.41) is 10.9. The number of carbonyl (C=O) groups excluding carboxylic acids is 1. The second-order valence-electron chi connectivity index (χ2n) is 8.74. The first-order valence-electron chi connectivity index (χ1n) is 11.6. The third-order valence-corrected chi connectivity index (χ3v) is 6.60. The quantitative estimate of drug-likeness (QED) is 0.345. The van der Waals surface area contributed by atoms with Crippen LogP contribution >= 0.6 is 0 Å². The van der Waals surface area contributed by atoms with E-state index in [4.69, 9.17) is 9.15 Å². The number of aromatic nitrogens is 1. The molecular weight excluding hydrogens is 438 g/mol. The molecule has 180 valence electrons. The van der Waals surface area contributed by atoms with Crippen molar-refractivity contribution in [3.8, 4) is 5.75 Å². The molecule has 1 saturated heterocycles. The van der Waals surface area contributed by atoms with Crippen molar-refractivity contribution in [3.63, 3.8) is 0 Å². The molecule has 4 rings (SSSR count). The zero-order chi connectivity index (χ0) is 24.1. The van der Waals surface area contributed by atoms with Crippen molar-refractivity contribution in [2.45, 2.75) is 45.1 Å². The number of carbonyl (C=O) groups is 1. The third kappa shape index (κ3) is 5.47. The highest BCUT2D eigenvalue weighted by molar-refractivity contribution is 5.77. The number of nitrogens with zero attached hydrogens (tertiary/aromatic N) is 3. The van der Waals surface area contributed by atoms with E-state index < -0.39 is 10.7 Å². The Kier molecular flexibility index (Phi) is 7.30. The summed E-state index contributed by atoms with van der Waals surface area (Å²) in [4.78, 5) is 37.1. The van der Waals surface area contributed by atoms with Crippen molar-refractivity contribution in [1.82, 2.24) is 9.47 Å².